The van der Waals surface area contributed by atoms with Crippen LogP contribution in [0.25, 0.3) is 0 Å². The molecule has 136 valence electrons. The van der Waals surface area contributed by atoms with Gasteiger partial charge in [0.05, 0.1) is 11.3 Å². The van der Waals surface area contributed by atoms with Crippen LogP contribution in [0.4, 0.5) is 10.1 Å². The van der Waals surface area contributed by atoms with Gasteiger partial charge >= 0.3 is 0 Å². The Hall–Kier alpha value is -2.11. The van der Waals surface area contributed by atoms with E-state index < -0.39 is 11.7 Å². The summed E-state index contributed by atoms with van der Waals surface area (Å²) in [4.78, 5) is 28.1. The van der Waals surface area contributed by atoms with Crippen LogP contribution in [0.15, 0.2) is 18.2 Å². The van der Waals surface area contributed by atoms with Crippen LogP contribution >= 0.6 is 0 Å². The second-order valence-corrected chi connectivity index (χ2v) is 7.07. The summed E-state index contributed by atoms with van der Waals surface area (Å²) >= 11 is 0. The summed E-state index contributed by atoms with van der Waals surface area (Å²) in [5, 5.41) is 0. The predicted molar refractivity (Wildman–Crippen MR) is 94.9 cm³/mol. The molecule has 2 N–H and O–H groups in total. The molecular formula is C19H26FN3O2. The highest BCUT2D eigenvalue weighted by molar-refractivity contribution is 5.99. The summed E-state index contributed by atoms with van der Waals surface area (Å²) in [5.74, 6) is -0.588. The minimum absolute atomic E-state index is 0.0618. The number of rotatable bonds is 4. The Bertz CT molecular complexity index is 644. The highest BCUT2D eigenvalue weighted by Gasteiger charge is 2.25. The molecule has 0 aromatic heterocycles. The number of nitrogens with two attached hydrogens (primary N) is 1. The van der Waals surface area contributed by atoms with Crippen LogP contribution in [0.5, 0.6) is 0 Å². The van der Waals surface area contributed by atoms with Gasteiger partial charge < -0.3 is 15.5 Å². The lowest BCUT2D eigenvalue weighted by molar-refractivity contribution is -0.131. The summed E-state index contributed by atoms with van der Waals surface area (Å²) in [6, 6.07) is 4.56. The standard InChI is InChI=1S/C19H26FN3O2/c20-15-7-3-8-16(18(15)19(21)25)22-9-4-10-23(12-11-22)17(24)13-14-5-1-2-6-14/h3,7-8,14H,1-2,4-6,9-13H2,(H2,21,25). The van der Waals surface area contributed by atoms with Gasteiger partial charge in [-0.25, -0.2) is 4.39 Å². The van der Waals surface area contributed by atoms with E-state index in [1.807, 2.05) is 9.80 Å². The van der Waals surface area contributed by atoms with E-state index in [1.165, 1.54) is 18.9 Å². The Morgan fingerprint density at radius 1 is 1.08 bits per heavy atom. The molecule has 1 aromatic carbocycles. The largest absolute Gasteiger partial charge is 0.369 e. The Balaban J connectivity index is 1.66. The number of hydrogen-bond donors (Lipinski definition) is 1. The molecule has 6 heteroatoms. The molecule has 5 nitrogen and oxygen atoms in total. The number of hydrogen-bond acceptors (Lipinski definition) is 3. The van der Waals surface area contributed by atoms with Crippen LogP contribution in [0.2, 0.25) is 0 Å². The van der Waals surface area contributed by atoms with Gasteiger partial charge in [-0.05, 0) is 37.3 Å². The fourth-order valence-electron chi connectivity index (χ4n) is 4.02. The third-order valence-corrected chi connectivity index (χ3v) is 5.37. The molecule has 0 atom stereocenters. The average Bonchev–Trinajstić information content (AvgIpc) is 2.95. The highest BCUT2D eigenvalue weighted by atomic mass is 19.1. The third-order valence-electron chi connectivity index (χ3n) is 5.37. The van der Waals surface area contributed by atoms with Gasteiger partial charge in [-0.3, -0.25) is 9.59 Å². The maximum atomic E-state index is 14.0. The monoisotopic (exact) mass is 347 g/mol. The van der Waals surface area contributed by atoms with Crippen LogP contribution in [0.1, 0.15) is 48.9 Å². The van der Waals surface area contributed by atoms with Crippen molar-refractivity contribution in [3.8, 4) is 0 Å². The molecule has 1 saturated heterocycles. The summed E-state index contributed by atoms with van der Waals surface area (Å²) < 4.78 is 14.0. The number of anilines is 1. The molecule has 1 saturated carbocycles. The lowest BCUT2D eigenvalue weighted by atomic mass is 10.0. The molecule has 1 aliphatic carbocycles. The van der Waals surface area contributed by atoms with Gasteiger partial charge in [-0.2, -0.15) is 0 Å². The van der Waals surface area contributed by atoms with Crippen molar-refractivity contribution >= 4 is 17.5 Å². The minimum atomic E-state index is -0.758. The third kappa shape index (κ3) is 4.11. The van der Waals surface area contributed by atoms with E-state index in [2.05, 4.69) is 0 Å². The van der Waals surface area contributed by atoms with Gasteiger partial charge in [-0.15, -0.1) is 0 Å². The fourth-order valence-corrected chi connectivity index (χ4v) is 4.02. The van der Waals surface area contributed by atoms with E-state index in [-0.39, 0.29) is 11.5 Å². The van der Waals surface area contributed by atoms with Crippen molar-refractivity contribution in [3.05, 3.63) is 29.6 Å². The van der Waals surface area contributed by atoms with Crippen molar-refractivity contribution in [2.24, 2.45) is 11.7 Å². The maximum absolute atomic E-state index is 14.0. The van der Waals surface area contributed by atoms with Gasteiger partial charge in [0.1, 0.15) is 5.82 Å². The van der Waals surface area contributed by atoms with Crippen LogP contribution < -0.4 is 10.6 Å². The van der Waals surface area contributed by atoms with Crippen LogP contribution in [-0.2, 0) is 4.79 Å². The number of benzene rings is 1. The zero-order chi connectivity index (χ0) is 17.8. The molecule has 2 fully saturated rings. The van der Waals surface area contributed by atoms with Gasteiger partial charge in [0.25, 0.3) is 5.91 Å². The quantitative estimate of drug-likeness (QED) is 0.910. The second-order valence-electron chi connectivity index (χ2n) is 7.07. The van der Waals surface area contributed by atoms with Crippen molar-refractivity contribution in [1.29, 1.82) is 0 Å². The Kier molecular flexibility index (Phi) is 5.56. The number of primary amides is 1. The number of carbonyl (C=O) groups excluding carboxylic acids is 2. The van der Waals surface area contributed by atoms with Crippen molar-refractivity contribution in [2.75, 3.05) is 31.1 Å². The first-order valence-electron chi connectivity index (χ1n) is 9.17. The molecule has 2 aliphatic rings. The number of halogens is 1. The number of amides is 2. The highest BCUT2D eigenvalue weighted by Crippen LogP contribution is 2.29. The maximum Gasteiger partial charge on any atom is 0.253 e. The average molecular weight is 347 g/mol. The molecular weight excluding hydrogens is 321 g/mol. The van der Waals surface area contributed by atoms with Crippen molar-refractivity contribution in [2.45, 2.75) is 38.5 Å². The summed E-state index contributed by atoms with van der Waals surface area (Å²) in [5.41, 5.74) is 5.82. The smallest absolute Gasteiger partial charge is 0.253 e. The normalized spacial score (nSPS) is 19.1. The second kappa shape index (κ2) is 7.85. The van der Waals surface area contributed by atoms with Crippen LogP contribution in [0.3, 0.4) is 0 Å². The fraction of sp³-hybridized carbons (Fsp3) is 0.579. The lowest BCUT2D eigenvalue weighted by Crippen LogP contribution is -2.36. The zero-order valence-corrected chi connectivity index (χ0v) is 14.5. The lowest BCUT2D eigenvalue weighted by Gasteiger charge is -2.25. The zero-order valence-electron chi connectivity index (χ0n) is 14.5. The molecule has 0 unspecified atom stereocenters. The SMILES string of the molecule is NC(=O)c1c(F)cccc1N1CCCN(C(=O)CC2CCCC2)CC1. The topological polar surface area (TPSA) is 66.6 Å². The first-order chi connectivity index (χ1) is 12.1. The van der Waals surface area contributed by atoms with E-state index in [9.17, 15) is 14.0 Å². The molecule has 3 rings (SSSR count). The molecule has 1 aromatic rings. The molecule has 0 bridgehead atoms. The molecule has 1 heterocycles. The minimum Gasteiger partial charge on any atom is -0.369 e. The summed E-state index contributed by atoms with van der Waals surface area (Å²) in [7, 11) is 0. The molecule has 25 heavy (non-hydrogen) atoms. The van der Waals surface area contributed by atoms with Crippen molar-refractivity contribution < 1.29 is 14.0 Å². The van der Waals surface area contributed by atoms with E-state index >= 15 is 0 Å². The van der Waals surface area contributed by atoms with Gasteiger partial charge in [-0.1, -0.05) is 18.9 Å². The van der Waals surface area contributed by atoms with Crippen LogP contribution in [-0.4, -0.2) is 42.9 Å². The Labute approximate surface area is 148 Å². The van der Waals surface area contributed by atoms with Gasteiger partial charge in [0.15, 0.2) is 0 Å². The molecule has 0 spiro atoms. The van der Waals surface area contributed by atoms with E-state index in [1.54, 1.807) is 12.1 Å². The Morgan fingerprint density at radius 3 is 2.56 bits per heavy atom. The molecule has 0 radical (unpaired) electrons. The van der Waals surface area contributed by atoms with Crippen LogP contribution in [0, 0.1) is 11.7 Å². The van der Waals surface area contributed by atoms with E-state index in [0.717, 1.165) is 19.3 Å². The molecule has 2 amide bonds. The molecule has 1 aliphatic heterocycles. The first kappa shape index (κ1) is 17.7. The summed E-state index contributed by atoms with van der Waals surface area (Å²) in [6.45, 7) is 2.57. The van der Waals surface area contributed by atoms with Crippen molar-refractivity contribution in [3.63, 3.8) is 0 Å². The first-order valence-corrected chi connectivity index (χ1v) is 9.17. The predicted octanol–water partition coefficient (Wildman–Crippen LogP) is 2.54. The van der Waals surface area contributed by atoms with E-state index in [4.69, 9.17) is 5.73 Å². The van der Waals surface area contributed by atoms with E-state index in [0.29, 0.717) is 44.2 Å². The number of nitrogens with zero attached hydrogens (tertiary/aromatic N) is 2. The number of carbonyl (C=O) groups is 2. The van der Waals surface area contributed by atoms with Gasteiger partial charge in [0, 0.05) is 32.6 Å². The van der Waals surface area contributed by atoms with Crippen molar-refractivity contribution in [1.82, 2.24) is 4.90 Å². The van der Waals surface area contributed by atoms with Gasteiger partial charge in [0.2, 0.25) is 5.91 Å². The Morgan fingerprint density at radius 2 is 1.84 bits per heavy atom. The summed E-state index contributed by atoms with van der Waals surface area (Å²) in [6.07, 6.45) is 6.24.